The smallest absolute Gasteiger partial charge is 0.211 e. The predicted octanol–water partition coefficient (Wildman–Crippen LogP) is 1.02. The summed E-state index contributed by atoms with van der Waals surface area (Å²) in [4.78, 5) is 1.96. The Morgan fingerprint density at radius 3 is 2.42 bits per heavy atom. The topological polar surface area (TPSA) is 49.9 Å². The fourth-order valence-electron chi connectivity index (χ4n) is 1.65. The molecule has 0 spiro atoms. The number of ether oxygens (including phenoxy) is 1. The summed E-state index contributed by atoms with van der Waals surface area (Å²) < 4.78 is 30.2. The lowest BCUT2D eigenvalue weighted by molar-refractivity contribution is 0.330. The molecular weight excluding hydrogens is 264 g/mol. The molecule has 0 aliphatic rings. The quantitative estimate of drug-likeness (QED) is 0.751. The third-order valence-electron chi connectivity index (χ3n) is 2.76. The zero-order chi connectivity index (χ0) is 14.5. The molecule has 0 unspecified atom stereocenters. The highest BCUT2D eigenvalue weighted by molar-refractivity contribution is 7.88. The van der Waals surface area contributed by atoms with Crippen molar-refractivity contribution in [2.24, 2.45) is 0 Å². The fourth-order valence-corrected chi connectivity index (χ4v) is 2.44. The van der Waals surface area contributed by atoms with Gasteiger partial charge in [0.2, 0.25) is 10.0 Å². The molecule has 0 N–H and O–H groups in total. The lowest BCUT2D eigenvalue weighted by Crippen LogP contribution is -2.35. The maximum Gasteiger partial charge on any atom is 0.211 e. The highest BCUT2D eigenvalue weighted by Crippen LogP contribution is 2.15. The average molecular weight is 286 g/mol. The molecule has 0 aromatic heterocycles. The van der Waals surface area contributed by atoms with Gasteiger partial charge in [0, 0.05) is 19.6 Å². The van der Waals surface area contributed by atoms with Gasteiger partial charge in [0.25, 0.3) is 0 Å². The Morgan fingerprint density at radius 1 is 1.21 bits per heavy atom. The van der Waals surface area contributed by atoms with Gasteiger partial charge in [-0.05, 0) is 31.8 Å². The minimum absolute atomic E-state index is 0.365. The van der Waals surface area contributed by atoms with Crippen LogP contribution in [0.5, 0.6) is 5.75 Å². The molecule has 0 bridgehead atoms. The summed E-state index contributed by atoms with van der Waals surface area (Å²) in [5.74, 6) is 0.735. The van der Waals surface area contributed by atoms with Crippen molar-refractivity contribution in [3.8, 4) is 5.75 Å². The molecule has 0 saturated heterocycles. The second-order valence-corrected chi connectivity index (χ2v) is 6.73. The summed E-state index contributed by atoms with van der Waals surface area (Å²) in [6, 6.07) is 7.46. The maximum atomic E-state index is 11.8. The Morgan fingerprint density at radius 2 is 1.89 bits per heavy atom. The largest absolute Gasteiger partial charge is 0.497 e. The molecule has 0 amide bonds. The van der Waals surface area contributed by atoms with Gasteiger partial charge in [-0.15, -0.1) is 0 Å². The number of sulfonamides is 1. The normalized spacial score (nSPS) is 12.1. The van der Waals surface area contributed by atoms with Crippen LogP contribution in [-0.4, -0.2) is 58.2 Å². The molecule has 0 aliphatic carbocycles. The lowest BCUT2D eigenvalue weighted by atomic mass is 10.2. The van der Waals surface area contributed by atoms with Crippen molar-refractivity contribution in [2.45, 2.75) is 6.54 Å². The van der Waals surface area contributed by atoms with Crippen LogP contribution >= 0.6 is 0 Å². The van der Waals surface area contributed by atoms with Crippen LogP contribution in [0, 0.1) is 0 Å². The van der Waals surface area contributed by atoms with Gasteiger partial charge >= 0.3 is 0 Å². The van der Waals surface area contributed by atoms with Crippen LogP contribution in [0.3, 0.4) is 0 Å². The van der Waals surface area contributed by atoms with Crippen molar-refractivity contribution in [1.82, 2.24) is 9.21 Å². The molecule has 0 saturated carbocycles. The summed E-state index contributed by atoms with van der Waals surface area (Å²) in [5.41, 5.74) is 0.920. The second kappa shape index (κ2) is 6.88. The van der Waals surface area contributed by atoms with Gasteiger partial charge in [-0.25, -0.2) is 8.42 Å². The van der Waals surface area contributed by atoms with E-state index in [1.54, 1.807) is 7.11 Å². The van der Waals surface area contributed by atoms with Crippen LogP contribution in [-0.2, 0) is 16.6 Å². The highest BCUT2D eigenvalue weighted by atomic mass is 32.2. The minimum Gasteiger partial charge on any atom is -0.497 e. The van der Waals surface area contributed by atoms with Gasteiger partial charge in [0.05, 0.1) is 13.4 Å². The minimum atomic E-state index is -3.21. The average Bonchev–Trinajstić information content (AvgIpc) is 2.33. The number of likely N-dealkylation sites (N-methyl/N-ethyl adjacent to an activating group) is 1. The van der Waals surface area contributed by atoms with Gasteiger partial charge < -0.3 is 9.64 Å². The van der Waals surface area contributed by atoms with E-state index >= 15 is 0 Å². The van der Waals surface area contributed by atoms with E-state index in [0.717, 1.165) is 11.3 Å². The first-order chi connectivity index (χ1) is 8.82. The molecule has 1 aromatic rings. The Hall–Kier alpha value is -1.11. The Balaban J connectivity index is 2.82. The molecule has 108 valence electrons. The van der Waals surface area contributed by atoms with Gasteiger partial charge in [-0.1, -0.05) is 12.1 Å². The zero-order valence-electron chi connectivity index (χ0n) is 12.0. The van der Waals surface area contributed by atoms with E-state index in [4.69, 9.17) is 4.74 Å². The molecule has 0 atom stereocenters. The standard InChI is InChI=1S/C13H22N2O3S/c1-14(2)8-9-15(19(4,16)17)11-12-6-5-7-13(10-12)18-3/h5-7,10H,8-9,11H2,1-4H3. The first kappa shape index (κ1) is 15.9. The fraction of sp³-hybridized carbons (Fsp3) is 0.538. The Bertz CT molecular complexity index is 500. The number of hydrogen-bond acceptors (Lipinski definition) is 4. The van der Waals surface area contributed by atoms with E-state index in [1.165, 1.54) is 10.6 Å². The summed E-state index contributed by atoms with van der Waals surface area (Å²) >= 11 is 0. The molecular formula is C13H22N2O3S. The SMILES string of the molecule is COc1cccc(CN(CCN(C)C)S(C)(=O)=O)c1. The van der Waals surface area contributed by atoms with Crippen LogP contribution in [0.15, 0.2) is 24.3 Å². The Kier molecular flexibility index (Phi) is 5.78. The van der Waals surface area contributed by atoms with Crippen molar-refractivity contribution >= 4 is 10.0 Å². The first-order valence-corrected chi connectivity index (χ1v) is 7.90. The molecule has 0 aliphatic heterocycles. The van der Waals surface area contributed by atoms with E-state index in [1.807, 2.05) is 43.3 Å². The molecule has 1 aromatic carbocycles. The van der Waals surface area contributed by atoms with E-state index < -0.39 is 10.0 Å². The van der Waals surface area contributed by atoms with E-state index in [-0.39, 0.29) is 0 Å². The Labute approximate surface area is 115 Å². The number of hydrogen-bond donors (Lipinski definition) is 0. The first-order valence-electron chi connectivity index (χ1n) is 6.05. The number of methoxy groups -OCH3 is 1. The van der Waals surface area contributed by atoms with Crippen LogP contribution in [0.25, 0.3) is 0 Å². The molecule has 5 nitrogen and oxygen atoms in total. The van der Waals surface area contributed by atoms with Gasteiger partial charge in [-0.3, -0.25) is 0 Å². The zero-order valence-corrected chi connectivity index (χ0v) is 12.8. The van der Waals surface area contributed by atoms with Crippen LogP contribution in [0.1, 0.15) is 5.56 Å². The van der Waals surface area contributed by atoms with Crippen molar-refractivity contribution in [1.29, 1.82) is 0 Å². The molecule has 0 heterocycles. The summed E-state index contributed by atoms with van der Waals surface area (Å²) in [5, 5.41) is 0. The van der Waals surface area contributed by atoms with Crippen LogP contribution < -0.4 is 4.74 Å². The van der Waals surface area contributed by atoms with E-state index in [2.05, 4.69) is 0 Å². The second-order valence-electron chi connectivity index (χ2n) is 4.75. The van der Waals surface area contributed by atoms with Gasteiger partial charge in [-0.2, -0.15) is 4.31 Å². The maximum absolute atomic E-state index is 11.8. The van der Waals surface area contributed by atoms with Gasteiger partial charge in [0.15, 0.2) is 0 Å². The molecule has 19 heavy (non-hydrogen) atoms. The van der Waals surface area contributed by atoms with Crippen LogP contribution in [0.4, 0.5) is 0 Å². The monoisotopic (exact) mass is 286 g/mol. The summed E-state index contributed by atoms with van der Waals surface area (Å²) in [6.07, 6.45) is 1.24. The lowest BCUT2D eigenvalue weighted by Gasteiger charge is -2.22. The summed E-state index contributed by atoms with van der Waals surface area (Å²) in [6.45, 7) is 1.53. The third-order valence-corrected chi connectivity index (χ3v) is 4.01. The van der Waals surface area contributed by atoms with Crippen molar-refractivity contribution in [2.75, 3.05) is 40.6 Å². The van der Waals surface area contributed by atoms with Crippen LogP contribution in [0.2, 0.25) is 0 Å². The molecule has 0 fully saturated rings. The molecule has 1 rings (SSSR count). The molecule has 6 heteroatoms. The third kappa shape index (κ3) is 5.59. The van der Waals surface area contributed by atoms with E-state index in [0.29, 0.717) is 19.6 Å². The van der Waals surface area contributed by atoms with Crippen molar-refractivity contribution in [3.63, 3.8) is 0 Å². The van der Waals surface area contributed by atoms with Crippen molar-refractivity contribution < 1.29 is 13.2 Å². The summed E-state index contributed by atoms with van der Waals surface area (Å²) in [7, 11) is 2.23. The highest BCUT2D eigenvalue weighted by Gasteiger charge is 2.17. The number of benzene rings is 1. The van der Waals surface area contributed by atoms with E-state index in [9.17, 15) is 8.42 Å². The number of rotatable bonds is 7. The van der Waals surface area contributed by atoms with Gasteiger partial charge in [0.1, 0.15) is 5.75 Å². The van der Waals surface area contributed by atoms with Crippen molar-refractivity contribution in [3.05, 3.63) is 29.8 Å². The number of nitrogens with zero attached hydrogens (tertiary/aromatic N) is 2. The molecule has 0 radical (unpaired) electrons. The predicted molar refractivity (Wildman–Crippen MR) is 76.8 cm³/mol.